The van der Waals surface area contributed by atoms with Gasteiger partial charge in [-0.05, 0) is 36.8 Å². The molecule has 0 spiro atoms. The molecule has 4 nitrogen and oxygen atoms in total. The van der Waals surface area contributed by atoms with E-state index in [0.29, 0.717) is 10.0 Å². The number of ether oxygens (including phenoxy) is 2. The Kier molecular flexibility index (Phi) is 10.8. The van der Waals surface area contributed by atoms with Crippen molar-refractivity contribution >= 4 is 23.2 Å². The van der Waals surface area contributed by atoms with E-state index in [1.807, 2.05) is 0 Å². The zero-order valence-electron chi connectivity index (χ0n) is 10.3. The fraction of sp³-hybridized carbons (Fsp3) is 0.417. The van der Waals surface area contributed by atoms with Gasteiger partial charge < -0.3 is 19.7 Å². The molecule has 106 valence electrons. The Labute approximate surface area is 146 Å². The molecule has 0 amide bonds. The van der Waals surface area contributed by atoms with Crippen molar-refractivity contribution in [2.45, 2.75) is 25.9 Å². The standard InChI is InChI=1S/C12H15Cl2O4.U/c1-8(18-7-12(16)5-15)17-6-9-2-10(13)4-11(14)3-9;/h2-4,7-8,12,15-16H,5-6H2,1H3;/q-1;. The number of rotatable bonds is 7. The third-order valence-corrected chi connectivity index (χ3v) is 2.46. The first kappa shape index (κ1) is 19.7. The van der Waals surface area contributed by atoms with Gasteiger partial charge in [-0.15, -0.1) is 0 Å². The van der Waals surface area contributed by atoms with Crippen molar-refractivity contribution in [3.05, 3.63) is 40.4 Å². The number of aliphatic hydroxyl groups is 2. The van der Waals surface area contributed by atoms with Crippen LogP contribution in [0.4, 0.5) is 0 Å². The van der Waals surface area contributed by atoms with E-state index < -0.39 is 19.0 Å². The minimum absolute atomic E-state index is 0. The SMILES string of the molecule is CC(O[CH-]C(O)CO)OCc1cc(Cl)cc(Cl)c1.[U]. The monoisotopic (exact) mass is 531 g/mol. The second kappa shape index (κ2) is 10.4. The van der Waals surface area contributed by atoms with Crippen LogP contribution in [0.3, 0.4) is 0 Å². The Morgan fingerprint density at radius 3 is 2.37 bits per heavy atom. The fourth-order valence-electron chi connectivity index (χ4n) is 1.19. The molecule has 0 radical (unpaired) electrons. The molecule has 1 aromatic carbocycles. The number of aliphatic hydroxyl groups excluding tert-OH is 2. The van der Waals surface area contributed by atoms with Crippen LogP contribution in [0.5, 0.6) is 0 Å². The molecule has 0 aliphatic rings. The molecule has 0 saturated heterocycles. The zero-order chi connectivity index (χ0) is 13.5. The maximum Gasteiger partial charge on any atom is 0.125 e. The number of halogens is 2. The largest absolute Gasteiger partial charge is 0.527 e. The van der Waals surface area contributed by atoms with Crippen LogP contribution >= 0.6 is 23.2 Å². The summed E-state index contributed by atoms with van der Waals surface area (Å²) in [6.07, 6.45) is -1.57. The number of hydrogen-bond acceptors (Lipinski definition) is 4. The molecule has 2 N–H and O–H groups in total. The molecule has 0 aliphatic heterocycles. The molecule has 19 heavy (non-hydrogen) atoms. The molecule has 0 fully saturated rings. The van der Waals surface area contributed by atoms with Crippen molar-refractivity contribution in [1.29, 1.82) is 0 Å². The summed E-state index contributed by atoms with van der Waals surface area (Å²) in [4.78, 5) is 0. The molecule has 0 saturated carbocycles. The molecule has 2 atom stereocenters. The molecule has 0 aromatic heterocycles. The number of hydrogen-bond donors (Lipinski definition) is 2. The van der Waals surface area contributed by atoms with Crippen molar-refractivity contribution in [3.63, 3.8) is 0 Å². The molecule has 2 unspecified atom stereocenters. The second-order valence-electron chi connectivity index (χ2n) is 3.68. The van der Waals surface area contributed by atoms with Crippen LogP contribution in [0.1, 0.15) is 12.5 Å². The molecule has 0 heterocycles. The van der Waals surface area contributed by atoms with E-state index in [9.17, 15) is 0 Å². The predicted octanol–water partition coefficient (Wildman–Crippen LogP) is 2.39. The third-order valence-electron chi connectivity index (χ3n) is 2.02. The normalized spacial score (nSPS) is 13.7. The van der Waals surface area contributed by atoms with Gasteiger partial charge in [-0.1, -0.05) is 23.2 Å². The Hall–Kier alpha value is 0.692. The molecule has 7 heteroatoms. The topological polar surface area (TPSA) is 58.9 Å². The fourth-order valence-corrected chi connectivity index (χ4v) is 1.76. The second-order valence-corrected chi connectivity index (χ2v) is 4.55. The average molecular weight is 532 g/mol. The summed E-state index contributed by atoms with van der Waals surface area (Å²) in [5.41, 5.74) is 0.825. The minimum atomic E-state index is -1.02. The summed E-state index contributed by atoms with van der Waals surface area (Å²) in [6.45, 7) is 2.68. The first-order chi connectivity index (χ1) is 8.51. The molecule has 1 aromatic rings. The zero-order valence-corrected chi connectivity index (χ0v) is 16.0. The first-order valence-corrected chi connectivity index (χ1v) is 6.11. The van der Waals surface area contributed by atoms with Crippen LogP contribution in [0, 0.1) is 37.7 Å². The van der Waals surface area contributed by atoms with Gasteiger partial charge in [0.25, 0.3) is 0 Å². The summed E-state index contributed by atoms with van der Waals surface area (Å²) < 4.78 is 10.4. The van der Waals surface area contributed by atoms with Gasteiger partial charge in [0, 0.05) is 47.8 Å². The van der Waals surface area contributed by atoms with Crippen LogP contribution in [0.25, 0.3) is 0 Å². The summed E-state index contributed by atoms with van der Waals surface area (Å²) in [6, 6.07) is 5.12. The minimum Gasteiger partial charge on any atom is -0.527 e. The van der Waals surface area contributed by atoms with E-state index in [2.05, 4.69) is 0 Å². The van der Waals surface area contributed by atoms with Gasteiger partial charge in [-0.25, -0.2) is 0 Å². The summed E-state index contributed by atoms with van der Waals surface area (Å²) in [7, 11) is 0. The molecule has 0 aliphatic carbocycles. The number of benzene rings is 1. The van der Waals surface area contributed by atoms with Crippen LogP contribution < -0.4 is 0 Å². The van der Waals surface area contributed by atoms with Gasteiger partial charge in [0.15, 0.2) is 0 Å². The van der Waals surface area contributed by atoms with E-state index in [-0.39, 0.29) is 37.7 Å². The van der Waals surface area contributed by atoms with Crippen molar-refractivity contribution in [2.24, 2.45) is 0 Å². The van der Waals surface area contributed by atoms with Crippen LogP contribution in [0.15, 0.2) is 18.2 Å². The van der Waals surface area contributed by atoms with Gasteiger partial charge in [0.2, 0.25) is 0 Å². The summed E-state index contributed by atoms with van der Waals surface area (Å²) in [5.74, 6) is 0. The van der Waals surface area contributed by atoms with Gasteiger partial charge in [0.05, 0.1) is 6.61 Å². The smallest absolute Gasteiger partial charge is 0.125 e. The maximum absolute atomic E-state index is 9.04. The summed E-state index contributed by atoms with van der Waals surface area (Å²) in [5, 5.41) is 18.7. The summed E-state index contributed by atoms with van der Waals surface area (Å²) >= 11 is 11.7. The van der Waals surface area contributed by atoms with E-state index in [4.69, 9.17) is 42.9 Å². The maximum atomic E-state index is 9.04. The van der Waals surface area contributed by atoms with Gasteiger partial charge in [-0.2, -0.15) is 6.61 Å². The van der Waals surface area contributed by atoms with E-state index in [1.54, 1.807) is 25.1 Å². The van der Waals surface area contributed by atoms with Crippen LogP contribution in [-0.2, 0) is 16.1 Å². The van der Waals surface area contributed by atoms with Crippen molar-refractivity contribution < 1.29 is 50.8 Å². The predicted molar refractivity (Wildman–Crippen MR) is 69.2 cm³/mol. The van der Waals surface area contributed by atoms with Gasteiger partial charge in [-0.3, -0.25) is 0 Å². The Morgan fingerprint density at radius 2 is 1.84 bits per heavy atom. The Morgan fingerprint density at radius 1 is 1.26 bits per heavy atom. The van der Waals surface area contributed by atoms with E-state index >= 15 is 0 Å². The van der Waals surface area contributed by atoms with Crippen LogP contribution in [0.2, 0.25) is 10.0 Å². The molecule has 1 rings (SSSR count). The van der Waals surface area contributed by atoms with Crippen molar-refractivity contribution in [3.8, 4) is 0 Å². The van der Waals surface area contributed by atoms with Gasteiger partial charge >= 0.3 is 0 Å². The van der Waals surface area contributed by atoms with Crippen LogP contribution in [-0.4, -0.2) is 29.2 Å². The van der Waals surface area contributed by atoms with Crippen molar-refractivity contribution in [1.82, 2.24) is 0 Å². The first-order valence-electron chi connectivity index (χ1n) is 5.35. The molecular formula is C12H15Cl2O4U-. The molecule has 0 bridgehead atoms. The van der Waals surface area contributed by atoms with Gasteiger partial charge in [0.1, 0.15) is 6.29 Å². The van der Waals surface area contributed by atoms with E-state index in [1.165, 1.54) is 0 Å². The quantitative estimate of drug-likeness (QED) is 0.419. The Bertz CT molecular complexity index is 358. The van der Waals surface area contributed by atoms with E-state index in [0.717, 1.165) is 12.2 Å². The molecular weight excluding hydrogens is 517 g/mol. The average Bonchev–Trinajstić information content (AvgIpc) is 2.32. The van der Waals surface area contributed by atoms with Crippen molar-refractivity contribution in [2.75, 3.05) is 6.61 Å². The Balaban J connectivity index is 0.00000324. The third kappa shape index (κ3) is 8.54.